The fourth-order valence-electron chi connectivity index (χ4n) is 5.77. The molecule has 1 spiro atoms. The molecule has 0 saturated carbocycles. The van der Waals surface area contributed by atoms with Crippen molar-refractivity contribution in [2.75, 3.05) is 18.4 Å². The Balaban J connectivity index is 1.46. The van der Waals surface area contributed by atoms with Crippen molar-refractivity contribution in [3.8, 4) is 0 Å². The molecule has 1 N–H and O–H groups in total. The van der Waals surface area contributed by atoms with E-state index in [4.69, 9.17) is 0 Å². The van der Waals surface area contributed by atoms with Crippen LogP contribution in [0.1, 0.15) is 60.7 Å². The molecule has 0 aromatic heterocycles. The van der Waals surface area contributed by atoms with Crippen molar-refractivity contribution in [2.24, 2.45) is 5.41 Å². The summed E-state index contributed by atoms with van der Waals surface area (Å²) in [5, 5.41) is 2.90. The second kappa shape index (κ2) is 8.08. The van der Waals surface area contributed by atoms with Gasteiger partial charge in [0.1, 0.15) is 6.04 Å². The standard InChI is InChI=1S/C27H28F3N3O3/c1-25(2,3)13-21(33-14-17-16(22(33)34)7-6-9-18(17)27(28,29)30)23(35)32-12-11-26(15-32)19-8-4-5-10-20(19)31-24(26)36/h4-10,21H,11-15H2,1-3H3,(H,31,36)/t21-,26-/m0/s1. The first-order valence-corrected chi connectivity index (χ1v) is 12.0. The number of likely N-dealkylation sites (tertiary alicyclic amines) is 1. The number of para-hydroxylation sites is 1. The number of anilines is 1. The van der Waals surface area contributed by atoms with Gasteiger partial charge in [-0.3, -0.25) is 14.4 Å². The predicted molar refractivity (Wildman–Crippen MR) is 127 cm³/mol. The number of fused-ring (bicyclic) bond motifs is 3. The first kappa shape index (κ1) is 24.3. The summed E-state index contributed by atoms with van der Waals surface area (Å²) in [7, 11) is 0. The maximum atomic E-state index is 13.9. The third-order valence-corrected chi connectivity index (χ3v) is 7.47. The zero-order valence-corrected chi connectivity index (χ0v) is 20.4. The molecule has 9 heteroatoms. The van der Waals surface area contributed by atoms with Crippen LogP contribution >= 0.6 is 0 Å². The smallest absolute Gasteiger partial charge is 0.339 e. The Hall–Kier alpha value is -3.36. The molecule has 5 rings (SSSR count). The van der Waals surface area contributed by atoms with Crippen molar-refractivity contribution in [3.63, 3.8) is 0 Å². The topological polar surface area (TPSA) is 69.7 Å². The van der Waals surface area contributed by atoms with Gasteiger partial charge in [-0.15, -0.1) is 0 Å². The van der Waals surface area contributed by atoms with Gasteiger partial charge in [0.15, 0.2) is 0 Å². The molecule has 2 aromatic rings. The molecular weight excluding hydrogens is 471 g/mol. The van der Waals surface area contributed by atoms with Crippen molar-refractivity contribution < 1.29 is 27.6 Å². The van der Waals surface area contributed by atoms with E-state index in [1.807, 2.05) is 45.0 Å². The number of amides is 3. The highest BCUT2D eigenvalue weighted by molar-refractivity contribution is 6.07. The summed E-state index contributed by atoms with van der Waals surface area (Å²) in [6, 6.07) is 10.0. The SMILES string of the molecule is CC(C)(C)C[C@@H](C(=O)N1CC[C@@]2(C1)C(=O)Nc1ccccc12)N1Cc2c(cccc2C(F)(F)F)C1=O. The zero-order chi connectivity index (χ0) is 26.0. The van der Waals surface area contributed by atoms with Crippen molar-refractivity contribution in [1.82, 2.24) is 9.80 Å². The van der Waals surface area contributed by atoms with E-state index in [-0.39, 0.29) is 47.9 Å². The molecule has 3 aliphatic heterocycles. The van der Waals surface area contributed by atoms with E-state index in [1.54, 1.807) is 4.90 Å². The lowest BCUT2D eigenvalue weighted by Crippen LogP contribution is -2.50. The van der Waals surface area contributed by atoms with Gasteiger partial charge in [0, 0.05) is 30.9 Å². The molecule has 0 bridgehead atoms. The molecular formula is C27H28F3N3O3. The fourth-order valence-corrected chi connectivity index (χ4v) is 5.77. The van der Waals surface area contributed by atoms with Crippen molar-refractivity contribution >= 4 is 23.4 Å². The molecule has 6 nitrogen and oxygen atoms in total. The molecule has 190 valence electrons. The molecule has 3 aliphatic rings. The minimum Gasteiger partial charge on any atom is -0.339 e. The molecule has 1 fully saturated rings. The Kier molecular flexibility index (Phi) is 5.46. The van der Waals surface area contributed by atoms with Gasteiger partial charge in [-0.25, -0.2) is 0 Å². The second-order valence-corrected chi connectivity index (χ2v) is 11.1. The monoisotopic (exact) mass is 499 g/mol. The lowest BCUT2D eigenvalue weighted by Gasteiger charge is -2.35. The number of benzene rings is 2. The van der Waals surface area contributed by atoms with Crippen LogP contribution in [0.25, 0.3) is 0 Å². The molecule has 36 heavy (non-hydrogen) atoms. The van der Waals surface area contributed by atoms with Crippen LogP contribution in [0, 0.1) is 5.41 Å². The quantitative estimate of drug-likeness (QED) is 0.672. The molecule has 1 saturated heterocycles. The van der Waals surface area contributed by atoms with Crippen molar-refractivity contribution in [1.29, 1.82) is 0 Å². The zero-order valence-electron chi connectivity index (χ0n) is 20.4. The molecule has 0 aliphatic carbocycles. The third-order valence-electron chi connectivity index (χ3n) is 7.47. The van der Waals surface area contributed by atoms with E-state index in [9.17, 15) is 27.6 Å². The number of hydrogen-bond donors (Lipinski definition) is 1. The molecule has 2 atom stereocenters. The van der Waals surface area contributed by atoms with Crippen LogP contribution in [0.3, 0.4) is 0 Å². The summed E-state index contributed by atoms with van der Waals surface area (Å²) in [5.74, 6) is -1.07. The third kappa shape index (κ3) is 3.85. The summed E-state index contributed by atoms with van der Waals surface area (Å²) in [6.07, 6.45) is -3.88. The highest BCUT2D eigenvalue weighted by Gasteiger charge is 2.53. The van der Waals surface area contributed by atoms with Gasteiger partial charge >= 0.3 is 6.18 Å². The molecule has 3 heterocycles. The number of carbonyl (C=O) groups excluding carboxylic acids is 3. The number of alkyl halides is 3. The Morgan fingerprint density at radius 2 is 1.81 bits per heavy atom. The highest BCUT2D eigenvalue weighted by atomic mass is 19.4. The van der Waals surface area contributed by atoms with Gasteiger partial charge in [-0.05, 0) is 47.6 Å². The minimum atomic E-state index is -4.60. The number of nitrogens with zero attached hydrogens (tertiary/aromatic N) is 2. The maximum Gasteiger partial charge on any atom is 0.416 e. The predicted octanol–water partition coefficient (Wildman–Crippen LogP) is 4.59. The van der Waals surface area contributed by atoms with Crippen LogP contribution in [0.4, 0.5) is 18.9 Å². The van der Waals surface area contributed by atoms with Gasteiger partial charge < -0.3 is 15.1 Å². The van der Waals surface area contributed by atoms with Gasteiger partial charge in [-0.1, -0.05) is 45.0 Å². The average Bonchev–Trinajstić information content (AvgIpc) is 3.46. The summed E-state index contributed by atoms with van der Waals surface area (Å²) in [4.78, 5) is 43.1. The Bertz CT molecular complexity index is 1270. The minimum absolute atomic E-state index is 0.0153. The Labute approximate surface area is 207 Å². The first-order chi connectivity index (χ1) is 16.8. The highest BCUT2D eigenvalue weighted by Crippen LogP contribution is 2.45. The fraction of sp³-hybridized carbons (Fsp3) is 0.444. The molecule has 3 amide bonds. The van der Waals surface area contributed by atoms with Gasteiger partial charge in [-0.2, -0.15) is 13.2 Å². The van der Waals surface area contributed by atoms with E-state index in [2.05, 4.69) is 5.32 Å². The summed E-state index contributed by atoms with van der Waals surface area (Å²) < 4.78 is 41.0. The average molecular weight is 500 g/mol. The number of hydrogen-bond acceptors (Lipinski definition) is 3. The van der Waals surface area contributed by atoms with Crippen molar-refractivity contribution in [3.05, 3.63) is 64.7 Å². The van der Waals surface area contributed by atoms with Gasteiger partial charge in [0.2, 0.25) is 11.8 Å². The van der Waals surface area contributed by atoms with Crippen molar-refractivity contribution in [2.45, 2.75) is 57.8 Å². The molecule has 0 radical (unpaired) electrons. The van der Waals surface area contributed by atoms with Gasteiger partial charge in [0.05, 0.1) is 11.0 Å². The van der Waals surface area contributed by atoms with Crippen LogP contribution in [0.15, 0.2) is 42.5 Å². The van der Waals surface area contributed by atoms with E-state index in [0.717, 1.165) is 17.3 Å². The van der Waals surface area contributed by atoms with E-state index < -0.39 is 29.1 Å². The summed E-state index contributed by atoms with van der Waals surface area (Å²) >= 11 is 0. The van der Waals surface area contributed by atoms with E-state index >= 15 is 0 Å². The van der Waals surface area contributed by atoms with E-state index in [1.165, 1.54) is 17.0 Å². The Morgan fingerprint density at radius 3 is 2.50 bits per heavy atom. The van der Waals surface area contributed by atoms with Crippen LogP contribution < -0.4 is 5.32 Å². The van der Waals surface area contributed by atoms with Crippen LogP contribution in [0.2, 0.25) is 0 Å². The maximum absolute atomic E-state index is 13.9. The Morgan fingerprint density at radius 1 is 1.08 bits per heavy atom. The number of rotatable bonds is 3. The lowest BCUT2D eigenvalue weighted by molar-refractivity contribution is -0.138. The largest absolute Gasteiger partial charge is 0.416 e. The molecule has 0 unspecified atom stereocenters. The van der Waals surface area contributed by atoms with Gasteiger partial charge in [0.25, 0.3) is 5.91 Å². The second-order valence-electron chi connectivity index (χ2n) is 11.1. The summed E-state index contributed by atoms with van der Waals surface area (Å²) in [5.41, 5.74) is -0.624. The number of halogens is 3. The molecule has 2 aromatic carbocycles. The number of nitrogens with one attached hydrogen (secondary N) is 1. The van der Waals surface area contributed by atoms with Crippen LogP contribution in [0.5, 0.6) is 0 Å². The number of carbonyl (C=O) groups is 3. The van der Waals surface area contributed by atoms with E-state index in [0.29, 0.717) is 13.0 Å². The first-order valence-electron chi connectivity index (χ1n) is 12.0. The normalized spacial score (nSPS) is 22.2. The summed E-state index contributed by atoms with van der Waals surface area (Å²) in [6.45, 7) is 5.98. The lowest BCUT2D eigenvalue weighted by atomic mass is 9.81. The van der Waals surface area contributed by atoms with Crippen LogP contribution in [-0.2, 0) is 27.7 Å². The van der Waals surface area contributed by atoms with Crippen LogP contribution in [-0.4, -0.2) is 46.7 Å².